The first-order valence-electron chi connectivity index (χ1n) is 7.20. The van der Waals surface area contributed by atoms with Crippen LogP contribution in [0.15, 0.2) is 59.1 Å². The fourth-order valence-electron chi connectivity index (χ4n) is 2.05. The van der Waals surface area contributed by atoms with Crippen molar-refractivity contribution in [2.24, 2.45) is 0 Å². The SMILES string of the molecule is CC(NC(=O)CNC(=O)Nc1ccccc1)c1ccccc1Br. The van der Waals surface area contributed by atoms with E-state index in [-0.39, 0.29) is 18.5 Å². The quantitative estimate of drug-likeness (QED) is 0.748. The molecule has 1 atom stereocenters. The van der Waals surface area contributed by atoms with E-state index in [0.29, 0.717) is 5.69 Å². The third-order valence-electron chi connectivity index (χ3n) is 3.19. The van der Waals surface area contributed by atoms with Gasteiger partial charge >= 0.3 is 6.03 Å². The van der Waals surface area contributed by atoms with Crippen molar-refractivity contribution in [2.45, 2.75) is 13.0 Å². The molecule has 3 N–H and O–H groups in total. The summed E-state index contributed by atoms with van der Waals surface area (Å²) >= 11 is 3.46. The first-order chi connectivity index (χ1) is 11.1. The highest BCUT2D eigenvalue weighted by molar-refractivity contribution is 9.10. The highest BCUT2D eigenvalue weighted by Gasteiger charge is 2.12. The number of carbonyl (C=O) groups is 2. The van der Waals surface area contributed by atoms with Gasteiger partial charge in [-0.2, -0.15) is 0 Å². The smallest absolute Gasteiger partial charge is 0.319 e. The molecule has 5 nitrogen and oxygen atoms in total. The van der Waals surface area contributed by atoms with Gasteiger partial charge < -0.3 is 16.0 Å². The van der Waals surface area contributed by atoms with E-state index in [1.165, 1.54) is 0 Å². The molecule has 0 aliphatic carbocycles. The fourth-order valence-corrected chi connectivity index (χ4v) is 2.68. The van der Waals surface area contributed by atoms with Gasteiger partial charge in [-0.1, -0.05) is 52.3 Å². The number of hydrogen-bond acceptors (Lipinski definition) is 2. The average Bonchev–Trinajstić information content (AvgIpc) is 2.54. The second-order valence-electron chi connectivity index (χ2n) is 4.98. The van der Waals surface area contributed by atoms with Gasteiger partial charge in [-0.25, -0.2) is 4.79 Å². The van der Waals surface area contributed by atoms with E-state index in [1.807, 2.05) is 49.4 Å². The van der Waals surface area contributed by atoms with Gasteiger partial charge in [0.2, 0.25) is 5.91 Å². The lowest BCUT2D eigenvalue weighted by Crippen LogP contribution is -2.39. The van der Waals surface area contributed by atoms with Crippen molar-refractivity contribution < 1.29 is 9.59 Å². The maximum atomic E-state index is 11.9. The summed E-state index contributed by atoms with van der Waals surface area (Å²) in [5.41, 5.74) is 1.65. The van der Waals surface area contributed by atoms with Crippen LogP contribution in [-0.2, 0) is 4.79 Å². The molecule has 1 unspecified atom stereocenters. The maximum absolute atomic E-state index is 11.9. The largest absolute Gasteiger partial charge is 0.348 e. The van der Waals surface area contributed by atoms with Crippen molar-refractivity contribution in [3.05, 3.63) is 64.6 Å². The number of anilines is 1. The van der Waals surface area contributed by atoms with E-state index in [9.17, 15) is 9.59 Å². The van der Waals surface area contributed by atoms with E-state index in [1.54, 1.807) is 12.1 Å². The zero-order valence-electron chi connectivity index (χ0n) is 12.7. The number of benzene rings is 2. The Labute approximate surface area is 143 Å². The van der Waals surface area contributed by atoms with Crippen LogP contribution in [0.25, 0.3) is 0 Å². The predicted octanol–water partition coefficient (Wildman–Crippen LogP) is 3.45. The van der Waals surface area contributed by atoms with Crippen molar-refractivity contribution in [1.29, 1.82) is 0 Å². The zero-order chi connectivity index (χ0) is 16.7. The highest BCUT2D eigenvalue weighted by Crippen LogP contribution is 2.22. The topological polar surface area (TPSA) is 70.2 Å². The molecule has 2 aromatic carbocycles. The molecular weight excluding hydrogens is 358 g/mol. The number of halogens is 1. The molecule has 2 rings (SSSR count). The number of rotatable bonds is 5. The van der Waals surface area contributed by atoms with Gasteiger partial charge in [-0.15, -0.1) is 0 Å². The van der Waals surface area contributed by atoms with Gasteiger partial charge in [0, 0.05) is 10.2 Å². The minimum atomic E-state index is -0.417. The number of hydrogen-bond donors (Lipinski definition) is 3. The first-order valence-corrected chi connectivity index (χ1v) is 7.99. The van der Waals surface area contributed by atoms with Crippen molar-refractivity contribution in [1.82, 2.24) is 10.6 Å². The van der Waals surface area contributed by atoms with Crippen molar-refractivity contribution in [3.8, 4) is 0 Å². The predicted molar refractivity (Wildman–Crippen MR) is 94.2 cm³/mol. The van der Waals surface area contributed by atoms with Gasteiger partial charge in [-0.05, 0) is 30.7 Å². The number of amides is 3. The van der Waals surface area contributed by atoms with Gasteiger partial charge in [0.15, 0.2) is 0 Å². The summed E-state index contributed by atoms with van der Waals surface area (Å²) in [6.07, 6.45) is 0. The van der Waals surface area contributed by atoms with Crippen LogP contribution in [0, 0.1) is 0 Å². The molecule has 6 heteroatoms. The Balaban J connectivity index is 1.79. The van der Waals surface area contributed by atoms with Gasteiger partial charge in [0.1, 0.15) is 0 Å². The number of carbonyl (C=O) groups excluding carboxylic acids is 2. The molecule has 0 spiro atoms. The number of para-hydroxylation sites is 1. The van der Waals surface area contributed by atoms with Crippen molar-refractivity contribution >= 4 is 33.6 Å². The van der Waals surface area contributed by atoms with Gasteiger partial charge in [-0.3, -0.25) is 4.79 Å². The molecule has 0 aromatic heterocycles. The summed E-state index contributed by atoms with van der Waals surface area (Å²) < 4.78 is 0.933. The standard InChI is InChI=1S/C17H18BrN3O2/c1-12(14-9-5-6-10-15(14)18)20-16(22)11-19-17(23)21-13-7-3-2-4-8-13/h2-10,12H,11H2,1H3,(H,20,22)(H2,19,21,23). The summed E-state index contributed by atoms with van der Waals surface area (Å²) in [5.74, 6) is -0.253. The van der Waals surface area contributed by atoms with E-state index in [2.05, 4.69) is 31.9 Å². The van der Waals surface area contributed by atoms with Crippen LogP contribution in [0.5, 0.6) is 0 Å². The molecule has 0 aliphatic heterocycles. The molecule has 0 heterocycles. The zero-order valence-corrected chi connectivity index (χ0v) is 14.3. The second kappa shape index (κ2) is 8.33. The Morgan fingerprint density at radius 3 is 2.39 bits per heavy atom. The highest BCUT2D eigenvalue weighted by atomic mass is 79.9. The minimum Gasteiger partial charge on any atom is -0.348 e. The van der Waals surface area contributed by atoms with Gasteiger partial charge in [0.05, 0.1) is 12.6 Å². The second-order valence-corrected chi connectivity index (χ2v) is 5.84. The molecule has 0 aliphatic rings. The normalized spacial score (nSPS) is 11.4. The van der Waals surface area contributed by atoms with Crippen LogP contribution in [0.1, 0.15) is 18.5 Å². The lowest BCUT2D eigenvalue weighted by molar-refractivity contribution is -0.120. The Bertz CT molecular complexity index is 677. The van der Waals surface area contributed by atoms with Crippen LogP contribution >= 0.6 is 15.9 Å². The van der Waals surface area contributed by atoms with Crippen molar-refractivity contribution in [3.63, 3.8) is 0 Å². The monoisotopic (exact) mass is 375 g/mol. The summed E-state index contributed by atoms with van der Waals surface area (Å²) in [7, 11) is 0. The summed E-state index contributed by atoms with van der Waals surface area (Å²) in [5, 5.41) is 8.03. The molecule has 0 bridgehead atoms. The van der Waals surface area contributed by atoms with E-state index < -0.39 is 6.03 Å². The Morgan fingerprint density at radius 1 is 1.04 bits per heavy atom. The number of nitrogens with one attached hydrogen (secondary N) is 3. The summed E-state index contributed by atoms with van der Waals surface area (Å²) in [6, 6.07) is 16.2. The molecule has 0 fully saturated rings. The lowest BCUT2D eigenvalue weighted by atomic mass is 10.1. The third-order valence-corrected chi connectivity index (χ3v) is 3.91. The minimum absolute atomic E-state index is 0.0898. The fraction of sp³-hybridized carbons (Fsp3) is 0.176. The van der Waals surface area contributed by atoms with Crippen LogP contribution < -0.4 is 16.0 Å². The van der Waals surface area contributed by atoms with Crippen LogP contribution in [0.4, 0.5) is 10.5 Å². The Hall–Kier alpha value is -2.34. The van der Waals surface area contributed by atoms with Crippen LogP contribution in [0.2, 0.25) is 0 Å². The maximum Gasteiger partial charge on any atom is 0.319 e. The summed E-state index contributed by atoms with van der Waals surface area (Å²) in [6.45, 7) is 1.80. The van der Waals surface area contributed by atoms with E-state index in [0.717, 1.165) is 10.0 Å². The Morgan fingerprint density at radius 2 is 1.70 bits per heavy atom. The van der Waals surface area contributed by atoms with Crippen molar-refractivity contribution in [2.75, 3.05) is 11.9 Å². The third kappa shape index (κ3) is 5.41. The number of urea groups is 1. The lowest BCUT2D eigenvalue weighted by Gasteiger charge is -2.16. The molecule has 23 heavy (non-hydrogen) atoms. The molecule has 120 valence electrons. The molecule has 0 saturated heterocycles. The molecule has 0 saturated carbocycles. The molecule has 2 aromatic rings. The average molecular weight is 376 g/mol. The molecular formula is C17H18BrN3O2. The van der Waals surface area contributed by atoms with E-state index in [4.69, 9.17) is 0 Å². The van der Waals surface area contributed by atoms with E-state index >= 15 is 0 Å². The molecule has 3 amide bonds. The Kier molecular flexibility index (Phi) is 6.17. The summed E-state index contributed by atoms with van der Waals surface area (Å²) in [4.78, 5) is 23.6. The van der Waals surface area contributed by atoms with Gasteiger partial charge in [0.25, 0.3) is 0 Å². The first kappa shape index (κ1) is 17.0. The van der Waals surface area contributed by atoms with Crippen LogP contribution in [0.3, 0.4) is 0 Å². The molecule has 0 radical (unpaired) electrons. The van der Waals surface area contributed by atoms with Crippen LogP contribution in [-0.4, -0.2) is 18.5 Å².